The Bertz CT molecular complexity index is 714. The molecule has 0 aliphatic carbocycles. The third-order valence-electron chi connectivity index (χ3n) is 4.33. The number of anilines is 1. The fourth-order valence-electron chi connectivity index (χ4n) is 3.03. The van der Waals surface area contributed by atoms with Gasteiger partial charge in [0.15, 0.2) is 5.69 Å². The van der Waals surface area contributed by atoms with Crippen LogP contribution < -0.4 is 9.64 Å². The van der Waals surface area contributed by atoms with Gasteiger partial charge in [-0.05, 0) is 12.1 Å². The molecule has 1 amide bonds. The number of aryl methyl sites for hydroxylation is 1. The van der Waals surface area contributed by atoms with E-state index in [0.29, 0.717) is 44.4 Å². The van der Waals surface area contributed by atoms with Gasteiger partial charge in [-0.15, -0.1) is 0 Å². The van der Waals surface area contributed by atoms with Gasteiger partial charge in [-0.25, -0.2) is 14.1 Å². The van der Waals surface area contributed by atoms with E-state index < -0.39 is 0 Å². The average molecular weight is 331 g/mol. The molecule has 2 aliphatic heterocycles. The number of ether oxygens (including phenoxy) is 1. The number of hydrogen-bond donors (Lipinski definition) is 0. The molecule has 2 aliphatic rings. The van der Waals surface area contributed by atoms with Gasteiger partial charge >= 0.3 is 0 Å². The third-order valence-corrected chi connectivity index (χ3v) is 4.33. The van der Waals surface area contributed by atoms with Gasteiger partial charge in [-0.3, -0.25) is 4.79 Å². The van der Waals surface area contributed by atoms with Crippen LogP contribution in [0.1, 0.15) is 16.9 Å². The highest BCUT2D eigenvalue weighted by Crippen LogP contribution is 2.20. The van der Waals surface area contributed by atoms with Crippen LogP contribution in [0.4, 0.5) is 10.2 Å². The molecule has 0 N–H and O–H groups in total. The molecule has 0 aromatic carbocycles. The second-order valence-electron chi connectivity index (χ2n) is 5.91. The van der Waals surface area contributed by atoms with E-state index >= 15 is 0 Å². The lowest BCUT2D eigenvalue weighted by molar-refractivity contribution is 0.0739. The molecule has 0 saturated carbocycles. The van der Waals surface area contributed by atoms with Crippen LogP contribution >= 0.6 is 0 Å². The third kappa shape index (κ3) is 2.79. The molecule has 4 rings (SSSR count). The van der Waals surface area contributed by atoms with Gasteiger partial charge < -0.3 is 14.5 Å². The van der Waals surface area contributed by atoms with Crippen molar-refractivity contribution in [3.05, 3.63) is 35.9 Å². The Morgan fingerprint density at radius 1 is 1.17 bits per heavy atom. The predicted octanol–water partition coefficient (Wildman–Crippen LogP) is 1.16. The summed E-state index contributed by atoms with van der Waals surface area (Å²) in [6, 6.07) is 4.78. The minimum Gasteiger partial charge on any atom is -0.478 e. The zero-order chi connectivity index (χ0) is 16.5. The zero-order valence-corrected chi connectivity index (χ0v) is 13.2. The first-order chi connectivity index (χ1) is 11.7. The van der Waals surface area contributed by atoms with Crippen molar-refractivity contribution in [1.29, 1.82) is 0 Å². The van der Waals surface area contributed by atoms with Crippen LogP contribution in [-0.2, 0) is 6.54 Å². The highest BCUT2D eigenvalue weighted by molar-refractivity contribution is 5.92. The van der Waals surface area contributed by atoms with Gasteiger partial charge in [-0.2, -0.15) is 5.10 Å². The Hall–Kier alpha value is -2.64. The Kier molecular flexibility index (Phi) is 3.79. The maximum atomic E-state index is 13.0. The van der Waals surface area contributed by atoms with E-state index in [2.05, 4.69) is 10.1 Å². The molecule has 126 valence electrons. The van der Waals surface area contributed by atoms with Crippen molar-refractivity contribution in [1.82, 2.24) is 19.7 Å². The first-order valence-electron chi connectivity index (χ1n) is 8.07. The monoisotopic (exact) mass is 331 g/mol. The average Bonchev–Trinajstić information content (AvgIpc) is 3.06. The summed E-state index contributed by atoms with van der Waals surface area (Å²) in [6.45, 7) is 3.94. The normalized spacial score (nSPS) is 17.4. The number of nitrogens with zero attached hydrogens (tertiary/aromatic N) is 5. The van der Waals surface area contributed by atoms with Crippen LogP contribution in [0, 0.1) is 5.82 Å². The van der Waals surface area contributed by atoms with E-state index in [9.17, 15) is 9.18 Å². The number of halogens is 1. The summed E-state index contributed by atoms with van der Waals surface area (Å²) in [7, 11) is 0. The van der Waals surface area contributed by atoms with Gasteiger partial charge in [0.05, 0.1) is 12.8 Å². The van der Waals surface area contributed by atoms with Crippen molar-refractivity contribution in [3.8, 4) is 5.88 Å². The maximum Gasteiger partial charge on any atom is 0.274 e. The van der Waals surface area contributed by atoms with Crippen LogP contribution in [0.15, 0.2) is 24.4 Å². The predicted molar refractivity (Wildman–Crippen MR) is 84.7 cm³/mol. The molecule has 0 bridgehead atoms. The lowest BCUT2D eigenvalue weighted by Gasteiger charge is -2.35. The molecule has 8 heteroatoms. The van der Waals surface area contributed by atoms with E-state index in [1.54, 1.807) is 21.7 Å². The summed E-state index contributed by atoms with van der Waals surface area (Å²) < 4.78 is 20.2. The Morgan fingerprint density at radius 3 is 2.71 bits per heavy atom. The number of carbonyl (C=O) groups excluding carboxylic acids is 1. The molecule has 2 aromatic rings. The van der Waals surface area contributed by atoms with Gasteiger partial charge in [0.1, 0.15) is 11.6 Å². The van der Waals surface area contributed by atoms with Crippen LogP contribution in [0.3, 0.4) is 0 Å². The molecule has 0 radical (unpaired) electrons. The van der Waals surface area contributed by atoms with Crippen molar-refractivity contribution in [2.45, 2.75) is 13.0 Å². The molecule has 1 saturated heterocycles. The number of amides is 1. The molecule has 7 nitrogen and oxygen atoms in total. The zero-order valence-electron chi connectivity index (χ0n) is 13.2. The van der Waals surface area contributed by atoms with E-state index in [1.165, 1.54) is 12.3 Å². The number of carbonyl (C=O) groups is 1. The number of piperazine rings is 1. The minimum atomic E-state index is -0.349. The highest BCUT2D eigenvalue weighted by atomic mass is 19.1. The lowest BCUT2D eigenvalue weighted by Crippen LogP contribution is -2.49. The molecule has 0 atom stereocenters. The van der Waals surface area contributed by atoms with E-state index in [1.807, 2.05) is 4.90 Å². The molecular weight excluding hydrogens is 313 g/mol. The number of aromatic nitrogens is 3. The maximum absolute atomic E-state index is 13.0. The largest absolute Gasteiger partial charge is 0.478 e. The van der Waals surface area contributed by atoms with Gasteiger partial charge in [0.25, 0.3) is 5.91 Å². The lowest BCUT2D eigenvalue weighted by atomic mass is 10.2. The minimum absolute atomic E-state index is 0.0767. The Morgan fingerprint density at radius 2 is 2.00 bits per heavy atom. The second kappa shape index (κ2) is 6.10. The van der Waals surface area contributed by atoms with E-state index in [-0.39, 0.29) is 11.7 Å². The molecule has 4 heterocycles. The van der Waals surface area contributed by atoms with Crippen molar-refractivity contribution in [2.24, 2.45) is 0 Å². The van der Waals surface area contributed by atoms with Crippen LogP contribution in [-0.4, -0.2) is 58.4 Å². The molecule has 2 aromatic heterocycles. The smallest absolute Gasteiger partial charge is 0.274 e. The molecule has 1 fully saturated rings. The van der Waals surface area contributed by atoms with Crippen molar-refractivity contribution >= 4 is 11.7 Å². The Labute approximate surface area is 138 Å². The quantitative estimate of drug-likeness (QED) is 0.826. The van der Waals surface area contributed by atoms with E-state index in [0.717, 1.165) is 18.8 Å². The fourth-order valence-corrected chi connectivity index (χ4v) is 3.03. The van der Waals surface area contributed by atoms with E-state index in [4.69, 9.17) is 4.74 Å². The van der Waals surface area contributed by atoms with Gasteiger partial charge in [0.2, 0.25) is 5.88 Å². The summed E-state index contributed by atoms with van der Waals surface area (Å²) in [6.07, 6.45) is 2.12. The summed E-state index contributed by atoms with van der Waals surface area (Å²) >= 11 is 0. The second-order valence-corrected chi connectivity index (χ2v) is 5.91. The molecule has 0 spiro atoms. The van der Waals surface area contributed by atoms with Crippen LogP contribution in [0.5, 0.6) is 5.88 Å². The summed E-state index contributed by atoms with van der Waals surface area (Å²) in [5.74, 6) is 0.971. The number of fused-ring (bicyclic) bond motifs is 1. The standard InChI is InChI=1S/C16H18FN5O2/c17-12-2-3-14(18-11-12)20-5-7-21(8-6-20)16(23)13-10-15-22(19-13)4-1-9-24-15/h2-3,10-11H,1,4-9H2. The van der Waals surface area contributed by atoms with Crippen LogP contribution in [0.25, 0.3) is 0 Å². The SMILES string of the molecule is O=C(c1cc2n(n1)CCCO2)N1CCN(c2ccc(F)cn2)CC1. The van der Waals surface area contributed by atoms with Crippen molar-refractivity contribution < 1.29 is 13.9 Å². The summed E-state index contributed by atoms with van der Waals surface area (Å²) in [4.78, 5) is 20.5. The van der Waals surface area contributed by atoms with Gasteiger partial charge in [-0.1, -0.05) is 0 Å². The van der Waals surface area contributed by atoms with Gasteiger partial charge in [0, 0.05) is 45.2 Å². The number of rotatable bonds is 2. The van der Waals surface area contributed by atoms with Crippen molar-refractivity contribution in [3.63, 3.8) is 0 Å². The number of hydrogen-bond acceptors (Lipinski definition) is 5. The number of pyridine rings is 1. The summed E-state index contributed by atoms with van der Waals surface area (Å²) in [5, 5.41) is 4.35. The topological polar surface area (TPSA) is 63.5 Å². The summed E-state index contributed by atoms with van der Waals surface area (Å²) in [5.41, 5.74) is 0.431. The molecule has 0 unspecified atom stereocenters. The highest BCUT2D eigenvalue weighted by Gasteiger charge is 2.26. The van der Waals surface area contributed by atoms with Crippen molar-refractivity contribution in [2.75, 3.05) is 37.7 Å². The molecule has 24 heavy (non-hydrogen) atoms. The first kappa shape index (κ1) is 14.9. The fraction of sp³-hybridized carbons (Fsp3) is 0.438. The van der Waals surface area contributed by atoms with Crippen LogP contribution in [0.2, 0.25) is 0 Å². The first-order valence-corrected chi connectivity index (χ1v) is 8.07. The molecular formula is C16H18FN5O2. The Balaban J connectivity index is 1.41.